The predicted molar refractivity (Wildman–Crippen MR) is 77.0 cm³/mol. The number of carbonyl (C=O) groups is 2. The van der Waals surface area contributed by atoms with Gasteiger partial charge in [-0.05, 0) is 30.7 Å². The first-order valence-corrected chi connectivity index (χ1v) is 6.91. The number of nitrogens with two attached hydrogens (primary N) is 1. The van der Waals surface area contributed by atoms with Crippen LogP contribution in [0.4, 0.5) is 0 Å². The fourth-order valence-electron chi connectivity index (χ4n) is 2.50. The van der Waals surface area contributed by atoms with E-state index >= 15 is 0 Å². The van der Waals surface area contributed by atoms with E-state index in [9.17, 15) is 9.59 Å². The number of carboxylic acids is 1. The van der Waals surface area contributed by atoms with Crippen molar-refractivity contribution in [3.05, 3.63) is 35.4 Å². The Hall–Kier alpha value is -1.92. The van der Waals surface area contributed by atoms with Gasteiger partial charge in [0.05, 0.1) is 19.3 Å². The van der Waals surface area contributed by atoms with E-state index in [4.69, 9.17) is 15.6 Å². The van der Waals surface area contributed by atoms with E-state index in [-0.39, 0.29) is 19.1 Å². The molecule has 0 radical (unpaired) electrons. The molecule has 21 heavy (non-hydrogen) atoms. The molecule has 1 saturated heterocycles. The van der Waals surface area contributed by atoms with E-state index in [2.05, 4.69) is 0 Å². The number of carbonyl (C=O) groups excluding carboxylic acids is 1. The van der Waals surface area contributed by atoms with Crippen molar-refractivity contribution in [2.45, 2.75) is 12.5 Å². The molecular weight excluding hydrogens is 272 g/mol. The number of benzene rings is 1. The highest BCUT2D eigenvalue weighted by atomic mass is 16.5. The Morgan fingerprint density at radius 2 is 2.00 bits per heavy atom. The third-order valence-corrected chi connectivity index (χ3v) is 3.82. The zero-order chi connectivity index (χ0) is 15.4. The van der Waals surface area contributed by atoms with Gasteiger partial charge in [-0.1, -0.05) is 12.1 Å². The van der Waals surface area contributed by atoms with E-state index in [1.54, 1.807) is 19.2 Å². The van der Waals surface area contributed by atoms with Gasteiger partial charge in [0.1, 0.15) is 5.92 Å². The summed E-state index contributed by atoms with van der Waals surface area (Å²) in [4.78, 5) is 25.0. The highest BCUT2D eigenvalue weighted by Crippen LogP contribution is 2.21. The summed E-state index contributed by atoms with van der Waals surface area (Å²) >= 11 is 0. The molecule has 0 aliphatic carbocycles. The van der Waals surface area contributed by atoms with E-state index in [0.29, 0.717) is 12.1 Å². The van der Waals surface area contributed by atoms with Crippen molar-refractivity contribution < 1.29 is 19.4 Å². The van der Waals surface area contributed by atoms with Crippen LogP contribution in [-0.4, -0.2) is 54.7 Å². The predicted octanol–water partition coefficient (Wildman–Crippen LogP) is 0.359. The van der Waals surface area contributed by atoms with Crippen molar-refractivity contribution in [1.29, 1.82) is 0 Å². The molecule has 6 nitrogen and oxygen atoms in total. The zero-order valence-corrected chi connectivity index (χ0v) is 12.0. The Bertz CT molecular complexity index is 515. The van der Waals surface area contributed by atoms with Gasteiger partial charge in [-0.2, -0.15) is 0 Å². The van der Waals surface area contributed by atoms with Gasteiger partial charge < -0.3 is 20.5 Å². The lowest BCUT2D eigenvalue weighted by Crippen LogP contribution is -2.44. The second kappa shape index (κ2) is 6.69. The molecule has 1 fully saturated rings. The number of ether oxygens (including phenoxy) is 1. The summed E-state index contributed by atoms with van der Waals surface area (Å²) in [5.74, 6) is -1.80. The Kier molecular flexibility index (Phi) is 4.93. The summed E-state index contributed by atoms with van der Waals surface area (Å²) < 4.78 is 5.20. The first kappa shape index (κ1) is 15.5. The maximum atomic E-state index is 12.4. The molecule has 2 atom stereocenters. The molecule has 6 heteroatoms. The molecule has 0 aromatic heterocycles. The number of aliphatic carboxylic acids is 1. The number of carboxylic acid groups (broad SMARTS) is 1. The standard InChI is InChI=1S/C15H20N2O4/c1-17(13-9-21-8-12(13)15(19)20)14(18)11-4-2-10(3-5-11)6-7-16/h2-5,12-13H,6-9,16H2,1H3,(H,19,20). The third kappa shape index (κ3) is 3.40. The zero-order valence-electron chi connectivity index (χ0n) is 12.0. The van der Waals surface area contributed by atoms with Gasteiger partial charge in [0.2, 0.25) is 0 Å². The second-order valence-corrected chi connectivity index (χ2v) is 5.20. The molecule has 2 unspecified atom stereocenters. The van der Waals surface area contributed by atoms with Crippen LogP contribution in [0.15, 0.2) is 24.3 Å². The minimum absolute atomic E-state index is 0.146. The highest BCUT2D eigenvalue weighted by molar-refractivity contribution is 5.94. The maximum Gasteiger partial charge on any atom is 0.311 e. The van der Waals surface area contributed by atoms with Gasteiger partial charge in [0, 0.05) is 12.6 Å². The number of hydrogen-bond acceptors (Lipinski definition) is 4. The highest BCUT2D eigenvalue weighted by Gasteiger charge is 2.38. The number of likely N-dealkylation sites (N-methyl/N-ethyl adjacent to an activating group) is 1. The Balaban J connectivity index is 2.09. The van der Waals surface area contributed by atoms with Crippen LogP contribution in [0.2, 0.25) is 0 Å². The first-order chi connectivity index (χ1) is 10.0. The molecule has 0 saturated carbocycles. The van der Waals surface area contributed by atoms with Crippen molar-refractivity contribution in [2.75, 3.05) is 26.8 Å². The second-order valence-electron chi connectivity index (χ2n) is 5.20. The smallest absolute Gasteiger partial charge is 0.311 e. The van der Waals surface area contributed by atoms with Gasteiger partial charge in [0.15, 0.2) is 0 Å². The number of amides is 1. The molecule has 1 aromatic carbocycles. The molecule has 2 rings (SSSR count). The van der Waals surface area contributed by atoms with Crippen molar-refractivity contribution in [3.63, 3.8) is 0 Å². The fraction of sp³-hybridized carbons (Fsp3) is 0.467. The summed E-state index contributed by atoms with van der Waals surface area (Å²) in [6.07, 6.45) is 0.766. The van der Waals surface area contributed by atoms with Crippen LogP contribution in [0.1, 0.15) is 15.9 Å². The lowest BCUT2D eigenvalue weighted by Gasteiger charge is -2.26. The molecule has 0 spiro atoms. The lowest BCUT2D eigenvalue weighted by atomic mass is 10.0. The number of rotatable bonds is 5. The lowest BCUT2D eigenvalue weighted by molar-refractivity contribution is -0.142. The summed E-state index contributed by atoms with van der Waals surface area (Å²) in [6, 6.07) is 6.80. The van der Waals surface area contributed by atoms with Crippen molar-refractivity contribution in [2.24, 2.45) is 11.7 Å². The van der Waals surface area contributed by atoms with Crippen LogP contribution in [0.25, 0.3) is 0 Å². The average Bonchev–Trinajstić information content (AvgIpc) is 2.96. The van der Waals surface area contributed by atoms with Crippen LogP contribution >= 0.6 is 0 Å². The minimum Gasteiger partial charge on any atom is -0.481 e. The van der Waals surface area contributed by atoms with Gasteiger partial charge in [-0.25, -0.2) is 0 Å². The summed E-state index contributed by atoms with van der Waals surface area (Å²) in [7, 11) is 1.62. The Labute approximate surface area is 123 Å². The van der Waals surface area contributed by atoms with Gasteiger partial charge in [-0.15, -0.1) is 0 Å². The number of nitrogens with zero attached hydrogens (tertiary/aromatic N) is 1. The normalized spacial score (nSPS) is 21.2. The Morgan fingerprint density at radius 3 is 2.57 bits per heavy atom. The molecule has 1 amide bonds. The van der Waals surface area contributed by atoms with Crippen LogP contribution in [0.3, 0.4) is 0 Å². The van der Waals surface area contributed by atoms with E-state index in [0.717, 1.165) is 12.0 Å². The van der Waals surface area contributed by atoms with Crippen LogP contribution < -0.4 is 5.73 Å². The fourth-order valence-corrected chi connectivity index (χ4v) is 2.50. The average molecular weight is 292 g/mol. The molecule has 0 bridgehead atoms. The largest absolute Gasteiger partial charge is 0.481 e. The monoisotopic (exact) mass is 292 g/mol. The molecule has 114 valence electrons. The molecule has 1 heterocycles. The number of hydrogen-bond donors (Lipinski definition) is 2. The van der Waals surface area contributed by atoms with Crippen LogP contribution in [0, 0.1) is 5.92 Å². The van der Waals surface area contributed by atoms with Crippen LogP contribution in [-0.2, 0) is 16.0 Å². The topological polar surface area (TPSA) is 92.9 Å². The van der Waals surface area contributed by atoms with Gasteiger partial charge in [-0.3, -0.25) is 9.59 Å². The van der Waals surface area contributed by atoms with E-state index in [1.807, 2.05) is 12.1 Å². The molecule has 3 N–H and O–H groups in total. The van der Waals surface area contributed by atoms with Crippen LogP contribution in [0.5, 0.6) is 0 Å². The minimum atomic E-state index is -0.935. The molecule has 1 aromatic rings. The maximum absolute atomic E-state index is 12.4. The summed E-state index contributed by atoms with van der Waals surface area (Å²) in [5, 5.41) is 9.15. The van der Waals surface area contributed by atoms with E-state index in [1.165, 1.54) is 4.90 Å². The first-order valence-electron chi connectivity index (χ1n) is 6.91. The van der Waals surface area contributed by atoms with Crippen molar-refractivity contribution >= 4 is 11.9 Å². The third-order valence-electron chi connectivity index (χ3n) is 3.82. The summed E-state index contributed by atoms with van der Waals surface area (Å²) in [6.45, 7) is 0.963. The molecule has 1 aliphatic rings. The summed E-state index contributed by atoms with van der Waals surface area (Å²) in [5.41, 5.74) is 7.10. The quantitative estimate of drug-likeness (QED) is 0.817. The van der Waals surface area contributed by atoms with Gasteiger partial charge >= 0.3 is 5.97 Å². The van der Waals surface area contributed by atoms with Crippen molar-refractivity contribution in [1.82, 2.24) is 4.90 Å². The molecular formula is C15H20N2O4. The molecule has 1 aliphatic heterocycles. The van der Waals surface area contributed by atoms with E-state index < -0.39 is 17.9 Å². The Morgan fingerprint density at radius 1 is 1.33 bits per heavy atom. The van der Waals surface area contributed by atoms with Gasteiger partial charge in [0.25, 0.3) is 5.91 Å². The van der Waals surface area contributed by atoms with Crippen molar-refractivity contribution in [3.8, 4) is 0 Å². The SMILES string of the molecule is CN(C(=O)c1ccc(CCN)cc1)C1COCC1C(=O)O.